The summed E-state index contributed by atoms with van der Waals surface area (Å²) in [4.78, 5) is 0. The molecule has 0 bridgehead atoms. The number of para-hydroxylation sites is 1. The highest BCUT2D eigenvalue weighted by Gasteiger charge is 2.30. The van der Waals surface area contributed by atoms with Crippen molar-refractivity contribution in [3.05, 3.63) is 103 Å². The van der Waals surface area contributed by atoms with Gasteiger partial charge in [-0.2, -0.15) is 0 Å². The zero-order chi connectivity index (χ0) is 45.4. The molecule has 7 rings (SSSR count). The third-order valence-corrected chi connectivity index (χ3v) is 15.6. The third kappa shape index (κ3) is 6.88. The maximum absolute atomic E-state index is 6.78. The Labute approximate surface area is 385 Å². The maximum atomic E-state index is 6.78. The van der Waals surface area contributed by atoms with Crippen LogP contribution in [0.1, 0.15) is 28.7 Å². The molecule has 0 fully saturated rings. The van der Waals surface area contributed by atoms with E-state index < -0.39 is 0 Å². The second-order valence-corrected chi connectivity index (χ2v) is 18.2. The minimum Gasteiger partial charge on any atom is -0.456 e. The van der Waals surface area contributed by atoms with Gasteiger partial charge in [0.05, 0.1) is 0 Å². The first-order valence-corrected chi connectivity index (χ1v) is 22.3. The number of hydrogen-bond acceptors (Lipinski definition) is 1. The Balaban J connectivity index is 1.73. The lowest BCUT2D eigenvalue weighted by atomic mass is 9.57. The van der Waals surface area contributed by atoms with Crippen LogP contribution in [0.3, 0.4) is 0 Å². The molecule has 0 atom stereocenters. The fraction of sp³-hybridized carbons (Fsp3) is 0.0455. The molecule has 1 aliphatic rings. The van der Waals surface area contributed by atoms with Crippen LogP contribution in [-0.4, -0.2) is 133 Å². The van der Waals surface area contributed by atoms with Crippen LogP contribution in [-0.2, 0) is 0 Å². The van der Waals surface area contributed by atoms with Crippen LogP contribution in [0.5, 0.6) is 0 Å². The van der Waals surface area contributed by atoms with E-state index in [1.807, 2.05) is 6.07 Å². The molecule has 62 heavy (non-hydrogen) atoms. The minimum absolute atomic E-state index is 0.744. The SMILES string of the molecule is BC/C(B)=C(/B)c1c(B)c(B)c(B)c(C2=c3c(B)c(B)c(B)c(B)c3=C(c3c(B)c(B)c(-c4ccc5oc6ccccc6c5c4)c(B)c3B)C/C2=C(B)\C(B)=C(\B)C#C)c1C#C. The van der Waals surface area contributed by atoms with Crippen LogP contribution in [0.25, 0.3) is 49.7 Å². The first-order chi connectivity index (χ1) is 29.3. The Bertz CT molecular complexity index is 3310. The number of hydrogen-bond donors (Lipinski definition) is 0. The normalized spacial score (nSPS) is 14.2. The largest absolute Gasteiger partial charge is 0.456 e. The van der Waals surface area contributed by atoms with Crippen molar-refractivity contribution in [2.75, 3.05) is 0 Å². The standard InChI is InChI=1S/C44H47B17O/c1-3-15-26(36(53)42(59)40(57)28(15)32(49)21(47)13-45)25-19(31(48)33(50)20(46)4-2)12-18(27-30(25)41(58)44(61)43(60)37(27)54)29-38(55)34(51)24(35(52)39(29)56)14-9-10-23-17(11-14)16-7-5-6-8-22(16)62-23/h1-2,5-11H,12-13,45-61H2/b31-19-,32-21-,33-20-. The predicted octanol–water partition coefficient (Wildman–Crippen LogP) is -16.1. The van der Waals surface area contributed by atoms with E-state index in [1.165, 1.54) is 131 Å². The molecule has 5 aromatic carbocycles. The predicted molar refractivity (Wildman–Crippen MR) is 325 cm³/mol. The molecule has 6 aromatic rings. The van der Waals surface area contributed by atoms with Gasteiger partial charge in [-0.05, 0) is 85.1 Å². The Morgan fingerprint density at radius 2 is 1.15 bits per heavy atom. The van der Waals surface area contributed by atoms with E-state index in [9.17, 15) is 0 Å². The lowest BCUT2D eigenvalue weighted by Gasteiger charge is -2.33. The lowest BCUT2D eigenvalue weighted by molar-refractivity contribution is 0.669. The van der Waals surface area contributed by atoms with Crippen molar-refractivity contribution in [2.24, 2.45) is 0 Å². The summed E-state index contributed by atoms with van der Waals surface area (Å²) in [6.07, 6.45) is 14.7. The van der Waals surface area contributed by atoms with Crippen LogP contribution >= 0.6 is 0 Å². The van der Waals surface area contributed by atoms with Gasteiger partial charge in [-0.15, -0.1) is 34.7 Å². The average molecular weight is 776 g/mol. The quantitative estimate of drug-likeness (QED) is 0.121. The van der Waals surface area contributed by atoms with Crippen LogP contribution < -0.4 is 70.5 Å². The molecule has 0 N–H and O–H groups in total. The Morgan fingerprint density at radius 1 is 0.597 bits per heavy atom. The summed E-state index contributed by atoms with van der Waals surface area (Å²) in [6, 6.07) is 15.0. The number of allylic oxidation sites excluding steroid dienone is 5. The number of terminal acetylenes is 2. The van der Waals surface area contributed by atoms with Gasteiger partial charge in [0.15, 0.2) is 0 Å². The molecule has 0 amide bonds. The van der Waals surface area contributed by atoms with Gasteiger partial charge in [0.1, 0.15) is 145 Å². The molecule has 1 aromatic heterocycles. The summed E-state index contributed by atoms with van der Waals surface area (Å²) < 4.78 is 6.26. The second kappa shape index (κ2) is 17.0. The molecule has 0 unspecified atom stereocenters. The van der Waals surface area contributed by atoms with Gasteiger partial charge < -0.3 is 4.42 Å². The van der Waals surface area contributed by atoms with E-state index in [1.54, 1.807) is 0 Å². The van der Waals surface area contributed by atoms with Crippen molar-refractivity contribution in [1.29, 1.82) is 0 Å². The van der Waals surface area contributed by atoms with Gasteiger partial charge in [-0.3, -0.25) is 0 Å². The average Bonchev–Trinajstić information content (AvgIpc) is 3.65. The highest BCUT2D eigenvalue weighted by Crippen LogP contribution is 2.36. The molecule has 280 valence electrons. The molecule has 18 heteroatoms. The van der Waals surface area contributed by atoms with Crippen LogP contribution in [0.4, 0.5) is 0 Å². The molecule has 0 radical (unpaired) electrons. The van der Waals surface area contributed by atoms with Gasteiger partial charge in [-0.25, -0.2) is 0 Å². The van der Waals surface area contributed by atoms with E-state index >= 15 is 0 Å². The molecule has 0 saturated heterocycles. The van der Waals surface area contributed by atoms with Crippen molar-refractivity contribution in [3.63, 3.8) is 0 Å². The smallest absolute Gasteiger partial charge is 0.149 e. The minimum atomic E-state index is 0.744. The summed E-state index contributed by atoms with van der Waals surface area (Å²) in [7, 11) is 38.7. The van der Waals surface area contributed by atoms with Crippen molar-refractivity contribution >= 4 is 232 Å². The fourth-order valence-electron chi connectivity index (χ4n) is 10.6. The van der Waals surface area contributed by atoms with Crippen molar-refractivity contribution in [3.8, 4) is 35.8 Å². The zero-order valence-electron chi connectivity index (χ0n) is 40.5. The molecule has 1 heterocycles. The molecule has 0 spiro atoms. The first-order valence-electron chi connectivity index (χ1n) is 22.3. The Hall–Kier alpha value is -4.92. The summed E-state index contributed by atoms with van der Waals surface area (Å²) in [5.41, 5.74) is 33.3. The number of rotatable bonds is 6. The summed E-state index contributed by atoms with van der Waals surface area (Å²) in [5.74, 6) is 6.32. The number of fused-ring (bicyclic) bond motifs is 4. The molecule has 0 aliphatic heterocycles. The molecule has 1 nitrogen and oxygen atoms in total. The Morgan fingerprint density at radius 3 is 1.74 bits per heavy atom. The van der Waals surface area contributed by atoms with Gasteiger partial charge in [0.25, 0.3) is 0 Å². The maximum Gasteiger partial charge on any atom is 0.149 e. The molecule has 0 saturated carbocycles. The highest BCUT2D eigenvalue weighted by molar-refractivity contribution is 6.65. The summed E-state index contributed by atoms with van der Waals surface area (Å²) in [6.45, 7) is 0. The van der Waals surface area contributed by atoms with Gasteiger partial charge >= 0.3 is 0 Å². The Kier molecular flexibility index (Phi) is 12.4. The van der Waals surface area contributed by atoms with Gasteiger partial charge in [0.2, 0.25) is 0 Å². The highest BCUT2D eigenvalue weighted by atomic mass is 16.3. The van der Waals surface area contributed by atoms with Crippen molar-refractivity contribution in [2.45, 2.75) is 12.7 Å². The van der Waals surface area contributed by atoms with E-state index in [0.717, 1.165) is 51.2 Å². The molecular formula is C44H47B17O. The van der Waals surface area contributed by atoms with Crippen molar-refractivity contribution in [1.82, 2.24) is 0 Å². The van der Waals surface area contributed by atoms with E-state index in [2.05, 4.69) is 182 Å². The monoisotopic (exact) mass is 779 g/mol. The lowest BCUT2D eigenvalue weighted by Crippen LogP contribution is -2.66. The molecule has 1 aliphatic carbocycles. The topological polar surface area (TPSA) is 13.1 Å². The second-order valence-electron chi connectivity index (χ2n) is 18.2. The number of benzene rings is 5. The third-order valence-electron chi connectivity index (χ3n) is 15.6. The van der Waals surface area contributed by atoms with Crippen LogP contribution in [0.15, 0.2) is 74.3 Å². The van der Waals surface area contributed by atoms with Crippen LogP contribution in [0.2, 0.25) is 6.32 Å². The first kappa shape index (κ1) is 45.1. The summed E-state index contributed by atoms with van der Waals surface area (Å²) in [5, 5.41) is 4.93. The van der Waals surface area contributed by atoms with Crippen LogP contribution in [0, 0.1) is 24.7 Å². The molecular weight excluding hydrogens is 728 g/mol. The fourth-order valence-corrected chi connectivity index (χ4v) is 10.6. The van der Waals surface area contributed by atoms with E-state index in [4.69, 9.17) is 17.3 Å². The van der Waals surface area contributed by atoms with Gasteiger partial charge in [-0.1, -0.05) is 103 Å². The summed E-state index contributed by atoms with van der Waals surface area (Å²) >= 11 is 0. The zero-order valence-corrected chi connectivity index (χ0v) is 40.5. The van der Waals surface area contributed by atoms with Crippen molar-refractivity contribution < 1.29 is 4.42 Å². The van der Waals surface area contributed by atoms with Gasteiger partial charge in [0, 0.05) is 16.3 Å². The number of furan rings is 1. The van der Waals surface area contributed by atoms with E-state index in [-0.39, 0.29) is 0 Å². The van der Waals surface area contributed by atoms with E-state index in [0.29, 0.717) is 0 Å².